The molecular formula is C49H31N3S. The van der Waals surface area contributed by atoms with Gasteiger partial charge in [0.05, 0.1) is 0 Å². The molecule has 0 radical (unpaired) electrons. The van der Waals surface area contributed by atoms with Crippen LogP contribution in [0.4, 0.5) is 0 Å². The van der Waals surface area contributed by atoms with Crippen LogP contribution in [0.25, 0.3) is 98.5 Å². The Balaban J connectivity index is 1.09. The van der Waals surface area contributed by atoms with Crippen molar-refractivity contribution in [3.05, 3.63) is 188 Å². The smallest absolute Gasteiger partial charge is 0.165 e. The minimum absolute atomic E-state index is 0.641. The molecule has 8 aromatic carbocycles. The average molecular weight is 694 g/mol. The Bertz CT molecular complexity index is 2950. The Hall–Kier alpha value is -6.75. The van der Waals surface area contributed by atoms with Gasteiger partial charge in [-0.2, -0.15) is 0 Å². The number of hydrogen-bond acceptors (Lipinski definition) is 4. The van der Waals surface area contributed by atoms with Gasteiger partial charge in [-0.25, -0.2) is 15.0 Å². The number of aromatic nitrogens is 3. The third-order valence-electron chi connectivity index (χ3n) is 9.93. The molecule has 0 N–H and O–H groups in total. The van der Waals surface area contributed by atoms with Crippen molar-refractivity contribution in [2.24, 2.45) is 0 Å². The minimum Gasteiger partial charge on any atom is -0.208 e. The van der Waals surface area contributed by atoms with Gasteiger partial charge in [-0.1, -0.05) is 158 Å². The summed E-state index contributed by atoms with van der Waals surface area (Å²) in [7, 11) is 0. The molecule has 0 atom stereocenters. The van der Waals surface area contributed by atoms with Crippen LogP contribution < -0.4 is 0 Å². The topological polar surface area (TPSA) is 38.7 Å². The summed E-state index contributed by atoms with van der Waals surface area (Å²) in [5, 5.41) is 4.94. The number of rotatable bonds is 6. The van der Waals surface area contributed by atoms with Gasteiger partial charge in [0, 0.05) is 36.9 Å². The van der Waals surface area contributed by atoms with Crippen molar-refractivity contribution in [3.63, 3.8) is 0 Å². The molecule has 0 saturated carbocycles. The first-order chi connectivity index (χ1) is 26.2. The highest BCUT2D eigenvalue weighted by Gasteiger charge is 2.17. The van der Waals surface area contributed by atoms with E-state index in [0.29, 0.717) is 17.5 Å². The first-order valence-corrected chi connectivity index (χ1v) is 18.6. The molecule has 0 aliphatic heterocycles. The first kappa shape index (κ1) is 31.0. The molecule has 0 saturated heterocycles. The van der Waals surface area contributed by atoms with Crippen molar-refractivity contribution >= 4 is 42.3 Å². The van der Waals surface area contributed by atoms with Gasteiger partial charge in [-0.15, -0.1) is 11.3 Å². The molecule has 0 fully saturated rings. The van der Waals surface area contributed by atoms with Crippen LogP contribution in [0.15, 0.2) is 188 Å². The Morgan fingerprint density at radius 3 is 1.60 bits per heavy atom. The summed E-state index contributed by atoms with van der Waals surface area (Å²) in [6, 6.07) is 66.4. The maximum absolute atomic E-state index is 5.20. The maximum Gasteiger partial charge on any atom is 0.165 e. The number of thiophene rings is 1. The lowest BCUT2D eigenvalue weighted by Crippen LogP contribution is -2.00. The molecular weight excluding hydrogens is 663 g/mol. The predicted molar refractivity (Wildman–Crippen MR) is 223 cm³/mol. The van der Waals surface area contributed by atoms with Crippen molar-refractivity contribution < 1.29 is 0 Å². The number of benzene rings is 8. The fourth-order valence-electron chi connectivity index (χ4n) is 7.21. The van der Waals surface area contributed by atoms with E-state index < -0.39 is 0 Å². The molecule has 0 aliphatic rings. The van der Waals surface area contributed by atoms with Crippen LogP contribution >= 0.6 is 11.3 Å². The second kappa shape index (κ2) is 13.1. The van der Waals surface area contributed by atoms with E-state index in [1.165, 1.54) is 47.6 Å². The van der Waals surface area contributed by atoms with Gasteiger partial charge in [0.1, 0.15) is 0 Å². The van der Waals surface area contributed by atoms with Gasteiger partial charge < -0.3 is 0 Å². The lowest BCUT2D eigenvalue weighted by atomic mass is 9.96. The summed E-state index contributed by atoms with van der Waals surface area (Å²) in [5.74, 6) is 1.95. The quantitative estimate of drug-likeness (QED) is 0.174. The van der Waals surface area contributed by atoms with Crippen LogP contribution in [0.3, 0.4) is 0 Å². The monoisotopic (exact) mass is 693 g/mol. The van der Waals surface area contributed by atoms with Gasteiger partial charge in [-0.05, 0) is 74.5 Å². The standard InChI is InChI=1S/C49H31N3S/c1-2-11-32(12-3-1)34-23-26-35(27-24-34)47-50-48(52-49(51-47)44-21-10-20-43-42-19-6-7-22-45(42)53-46(43)44)41-18-9-17-39(31-41)37-15-8-16-38(30-37)40-28-25-33-13-4-5-14-36(33)29-40/h1-31H. The van der Waals surface area contributed by atoms with Crippen LogP contribution in [0.1, 0.15) is 0 Å². The summed E-state index contributed by atoms with van der Waals surface area (Å²) in [6.07, 6.45) is 0. The summed E-state index contributed by atoms with van der Waals surface area (Å²) in [5.41, 5.74) is 9.83. The minimum atomic E-state index is 0.641. The van der Waals surface area contributed by atoms with E-state index in [2.05, 4.69) is 182 Å². The zero-order valence-corrected chi connectivity index (χ0v) is 29.5. The number of hydrogen-bond donors (Lipinski definition) is 0. The fourth-order valence-corrected chi connectivity index (χ4v) is 8.42. The predicted octanol–water partition coefficient (Wildman–Crippen LogP) is 13.4. The second-order valence-corrected chi connectivity index (χ2v) is 14.3. The van der Waals surface area contributed by atoms with Crippen LogP contribution in [0.5, 0.6) is 0 Å². The third kappa shape index (κ3) is 5.85. The van der Waals surface area contributed by atoms with Gasteiger partial charge in [0.2, 0.25) is 0 Å². The van der Waals surface area contributed by atoms with Gasteiger partial charge >= 0.3 is 0 Å². The normalized spacial score (nSPS) is 11.4. The zero-order valence-electron chi connectivity index (χ0n) is 28.6. The highest BCUT2D eigenvalue weighted by Crippen LogP contribution is 2.40. The molecule has 2 heterocycles. The molecule has 10 rings (SSSR count). The van der Waals surface area contributed by atoms with Crippen LogP contribution in [-0.4, -0.2) is 15.0 Å². The molecule has 10 aromatic rings. The van der Waals surface area contributed by atoms with Crippen LogP contribution in [0, 0.1) is 0 Å². The van der Waals surface area contributed by atoms with Crippen molar-refractivity contribution in [1.29, 1.82) is 0 Å². The number of fused-ring (bicyclic) bond motifs is 4. The van der Waals surface area contributed by atoms with Crippen molar-refractivity contribution in [2.75, 3.05) is 0 Å². The van der Waals surface area contributed by atoms with Gasteiger partial charge in [0.25, 0.3) is 0 Å². The van der Waals surface area contributed by atoms with E-state index in [4.69, 9.17) is 15.0 Å². The first-order valence-electron chi connectivity index (χ1n) is 17.8. The number of nitrogens with zero attached hydrogens (tertiary/aromatic N) is 3. The highest BCUT2D eigenvalue weighted by atomic mass is 32.1. The van der Waals surface area contributed by atoms with Crippen molar-refractivity contribution in [1.82, 2.24) is 15.0 Å². The Labute approximate surface area is 311 Å². The molecule has 248 valence electrons. The molecule has 3 nitrogen and oxygen atoms in total. The van der Waals surface area contributed by atoms with Crippen LogP contribution in [0.2, 0.25) is 0 Å². The molecule has 4 heteroatoms. The molecule has 0 aliphatic carbocycles. The maximum atomic E-state index is 5.20. The fraction of sp³-hybridized carbons (Fsp3) is 0. The van der Waals surface area contributed by atoms with Gasteiger partial charge in [-0.3, -0.25) is 0 Å². The van der Waals surface area contributed by atoms with Crippen LogP contribution in [-0.2, 0) is 0 Å². The zero-order chi connectivity index (χ0) is 35.1. The van der Waals surface area contributed by atoms with Gasteiger partial charge in [0.15, 0.2) is 17.5 Å². The molecule has 53 heavy (non-hydrogen) atoms. The largest absolute Gasteiger partial charge is 0.208 e. The molecule has 0 amide bonds. The molecule has 0 unspecified atom stereocenters. The lowest BCUT2D eigenvalue weighted by molar-refractivity contribution is 1.08. The second-order valence-electron chi connectivity index (χ2n) is 13.3. The third-order valence-corrected chi connectivity index (χ3v) is 11.2. The van der Waals surface area contributed by atoms with Crippen molar-refractivity contribution in [3.8, 4) is 67.5 Å². The summed E-state index contributed by atoms with van der Waals surface area (Å²) in [4.78, 5) is 15.5. The van der Waals surface area contributed by atoms with E-state index in [-0.39, 0.29) is 0 Å². The Kier molecular flexibility index (Phi) is 7.67. The van der Waals surface area contributed by atoms with E-state index in [1.807, 2.05) is 6.07 Å². The lowest BCUT2D eigenvalue weighted by Gasteiger charge is -2.11. The average Bonchev–Trinajstić information content (AvgIpc) is 3.63. The SMILES string of the molecule is c1ccc(-c2ccc(-c3nc(-c4cccc(-c5cccc(-c6ccc7ccccc7c6)c5)c4)nc(-c4cccc5c4sc4ccccc45)n3)cc2)cc1. The Morgan fingerprint density at radius 2 is 0.811 bits per heavy atom. The summed E-state index contributed by atoms with van der Waals surface area (Å²) >= 11 is 1.79. The molecule has 0 spiro atoms. The van der Waals surface area contributed by atoms with E-state index in [1.54, 1.807) is 11.3 Å². The summed E-state index contributed by atoms with van der Waals surface area (Å²) in [6.45, 7) is 0. The van der Waals surface area contributed by atoms with E-state index in [0.717, 1.165) is 33.4 Å². The molecule has 0 bridgehead atoms. The van der Waals surface area contributed by atoms with E-state index >= 15 is 0 Å². The van der Waals surface area contributed by atoms with E-state index in [9.17, 15) is 0 Å². The van der Waals surface area contributed by atoms with Crippen molar-refractivity contribution in [2.45, 2.75) is 0 Å². The molecule has 2 aromatic heterocycles. The Morgan fingerprint density at radius 1 is 0.302 bits per heavy atom. The summed E-state index contributed by atoms with van der Waals surface area (Å²) < 4.78 is 2.43. The highest BCUT2D eigenvalue weighted by molar-refractivity contribution is 7.26.